The second-order valence-corrected chi connectivity index (χ2v) is 5.84. The zero-order valence-electron chi connectivity index (χ0n) is 15.7. The summed E-state index contributed by atoms with van der Waals surface area (Å²) in [6.07, 6.45) is 0. The Bertz CT molecular complexity index is 932. The summed E-state index contributed by atoms with van der Waals surface area (Å²) < 4.78 is 4.65. The molecule has 0 amide bonds. The number of rotatable bonds is 8. The summed E-state index contributed by atoms with van der Waals surface area (Å²) in [5.41, 5.74) is 11.9. The van der Waals surface area contributed by atoms with E-state index in [-0.39, 0.29) is 36.4 Å². The van der Waals surface area contributed by atoms with Crippen molar-refractivity contribution >= 4 is 40.6 Å². The third kappa shape index (κ3) is 5.18. The summed E-state index contributed by atoms with van der Waals surface area (Å²) in [6.45, 7) is 0.0999. The van der Waals surface area contributed by atoms with Gasteiger partial charge in [0.1, 0.15) is 0 Å². The number of benzene rings is 1. The van der Waals surface area contributed by atoms with Gasteiger partial charge < -0.3 is 31.6 Å². The lowest BCUT2D eigenvalue weighted by Gasteiger charge is -2.20. The average molecular weight is 404 g/mol. The van der Waals surface area contributed by atoms with Crippen LogP contribution in [0.15, 0.2) is 29.4 Å². The summed E-state index contributed by atoms with van der Waals surface area (Å²) in [6, 6.07) is 6.60. The maximum absolute atomic E-state index is 11.5. The van der Waals surface area contributed by atoms with E-state index in [4.69, 9.17) is 11.5 Å². The van der Waals surface area contributed by atoms with Gasteiger partial charge in [0.25, 0.3) is 0 Å². The largest absolute Gasteiger partial charge is 0.465 e. The molecule has 0 radical (unpaired) electrons. The third-order valence-electron chi connectivity index (χ3n) is 3.86. The topological polar surface area (TPSA) is 195 Å². The predicted molar refractivity (Wildman–Crippen MR) is 106 cm³/mol. The van der Waals surface area contributed by atoms with E-state index in [1.165, 1.54) is 7.11 Å². The first kappa shape index (κ1) is 21.1. The zero-order chi connectivity index (χ0) is 21.6. The maximum atomic E-state index is 11.5. The standard InChI is InChI=1S/C16H20N8O5/c1-23(11-5-3-9(4-6-11)15(25)29-2)8-10(22-26)7-19-14-12(24(27)28)13(17)20-16(18)21-14/h3-6,26H,7-8H2,1-2H3,(H5,17,18,19,20,21)/b22-10-. The Kier molecular flexibility index (Phi) is 6.68. The normalized spacial score (nSPS) is 11.0. The van der Waals surface area contributed by atoms with Gasteiger partial charge in [-0.2, -0.15) is 9.97 Å². The Morgan fingerprint density at radius 2 is 2.00 bits per heavy atom. The van der Waals surface area contributed by atoms with Crippen LogP contribution in [0, 0.1) is 10.1 Å². The Labute approximate surface area is 165 Å². The number of nitrogens with one attached hydrogen (secondary N) is 1. The predicted octanol–water partition coefficient (Wildman–Crippen LogP) is 0.714. The van der Waals surface area contributed by atoms with Crippen LogP contribution >= 0.6 is 0 Å². The number of hydrogen-bond acceptors (Lipinski definition) is 12. The number of oxime groups is 1. The number of carbonyl (C=O) groups is 1. The summed E-state index contributed by atoms with van der Waals surface area (Å²) in [5.74, 6) is -1.26. The summed E-state index contributed by atoms with van der Waals surface area (Å²) in [7, 11) is 3.03. The van der Waals surface area contributed by atoms with Crippen molar-refractivity contribution in [3.63, 3.8) is 0 Å². The molecular weight excluding hydrogens is 384 g/mol. The van der Waals surface area contributed by atoms with E-state index < -0.39 is 16.6 Å². The lowest BCUT2D eigenvalue weighted by Crippen LogP contribution is -2.30. The molecule has 13 heteroatoms. The molecule has 13 nitrogen and oxygen atoms in total. The molecule has 0 aliphatic rings. The summed E-state index contributed by atoms with van der Waals surface area (Å²) in [4.78, 5) is 31.0. The minimum atomic E-state index is -0.734. The van der Waals surface area contributed by atoms with Crippen molar-refractivity contribution in [1.82, 2.24) is 9.97 Å². The molecule has 0 unspecified atom stereocenters. The molecule has 0 fully saturated rings. The molecule has 0 spiro atoms. The molecule has 0 saturated heterocycles. The van der Waals surface area contributed by atoms with Gasteiger partial charge in [-0.15, -0.1) is 0 Å². The van der Waals surface area contributed by atoms with Gasteiger partial charge in [0.15, 0.2) is 0 Å². The second kappa shape index (κ2) is 9.16. The highest BCUT2D eigenvalue weighted by Gasteiger charge is 2.23. The van der Waals surface area contributed by atoms with E-state index in [1.807, 2.05) is 0 Å². The van der Waals surface area contributed by atoms with E-state index in [1.54, 1.807) is 36.2 Å². The van der Waals surface area contributed by atoms with E-state index in [2.05, 4.69) is 25.2 Å². The van der Waals surface area contributed by atoms with E-state index in [9.17, 15) is 20.1 Å². The monoisotopic (exact) mass is 404 g/mol. The van der Waals surface area contributed by atoms with Gasteiger partial charge in [-0.3, -0.25) is 10.1 Å². The van der Waals surface area contributed by atoms with Crippen LogP contribution in [0.25, 0.3) is 0 Å². The number of anilines is 4. The van der Waals surface area contributed by atoms with Crippen LogP contribution in [0.3, 0.4) is 0 Å². The van der Waals surface area contributed by atoms with Gasteiger partial charge >= 0.3 is 11.7 Å². The van der Waals surface area contributed by atoms with Crippen molar-refractivity contribution in [2.75, 3.05) is 48.9 Å². The number of nitrogens with zero attached hydrogens (tertiary/aromatic N) is 5. The minimum Gasteiger partial charge on any atom is -0.465 e. The fourth-order valence-electron chi connectivity index (χ4n) is 2.44. The van der Waals surface area contributed by atoms with Crippen LogP contribution in [0.1, 0.15) is 10.4 Å². The van der Waals surface area contributed by atoms with E-state index in [0.29, 0.717) is 5.56 Å². The van der Waals surface area contributed by atoms with Crippen molar-refractivity contribution in [2.24, 2.45) is 5.16 Å². The molecule has 0 bridgehead atoms. The molecule has 0 atom stereocenters. The smallest absolute Gasteiger partial charge is 0.353 e. The quantitative estimate of drug-likeness (QED) is 0.159. The molecule has 154 valence electrons. The lowest BCUT2D eigenvalue weighted by molar-refractivity contribution is -0.383. The van der Waals surface area contributed by atoms with Crippen LogP contribution in [0.4, 0.5) is 29.0 Å². The van der Waals surface area contributed by atoms with Crippen molar-refractivity contribution in [3.05, 3.63) is 39.9 Å². The van der Waals surface area contributed by atoms with Crippen LogP contribution in [0.5, 0.6) is 0 Å². The van der Waals surface area contributed by atoms with Gasteiger partial charge in [-0.05, 0) is 24.3 Å². The fraction of sp³-hybridized carbons (Fsp3) is 0.250. The van der Waals surface area contributed by atoms with Crippen LogP contribution in [-0.2, 0) is 4.74 Å². The number of esters is 1. The Hall–Kier alpha value is -4.16. The summed E-state index contributed by atoms with van der Waals surface area (Å²) in [5, 5.41) is 26.3. The number of aromatic nitrogens is 2. The number of carbonyl (C=O) groups excluding carboxylic acids is 1. The lowest BCUT2D eigenvalue weighted by atomic mass is 10.2. The highest BCUT2D eigenvalue weighted by molar-refractivity contribution is 5.93. The zero-order valence-corrected chi connectivity index (χ0v) is 15.7. The van der Waals surface area contributed by atoms with Crippen molar-refractivity contribution in [3.8, 4) is 0 Å². The van der Waals surface area contributed by atoms with Gasteiger partial charge in [-0.1, -0.05) is 5.16 Å². The number of hydrogen-bond donors (Lipinski definition) is 4. The number of nitro groups is 1. The van der Waals surface area contributed by atoms with Gasteiger partial charge in [0.2, 0.25) is 17.6 Å². The van der Waals surface area contributed by atoms with Crippen molar-refractivity contribution < 1.29 is 19.7 Å². The van der Waals surface area contributed by atoms with Gasteiger partial charge in [0, 0.05) is 12.7 Å². The molecule has 0 aliphatic carbocycles. The van der Waals surface area contributed by atoms with E-state index >= 15 is 0 Å². The SMILES string of the molecule is COC(=O)c1ccc(N(C)C/C(CNc2nc(N)nc(N)c2[N+](=O)[O-])=N\O)cc1. The number of ether oxygens (including phenoxy) is 1. The molecule has 1 aromatic carbocycles. The molecule has 0 aliphatic heterocycles. The first-order chi connectivity index (χ1) is 13.8. The molecule has 6 N–H and O–H groups in total. The number of nitrogen functional groups attached to an aromatic ring is 2. The molecule has 1 heterocycles. The molecular formula is C16H20N8O5. The first-order valence-corrected chi connectivity index (χ1v) is 8.17. The third-order valence-corrected chi connectivity index (χ3v) is 3.86. The molecule has 2 aromatic rings. The van der Waals surface area contributed by atoms with Gasteiger partial charge in [-0.25, -0.2) is 4.79 Å². The molecule has 0 saturated carbocycles. The van der Waals surface area contributed by atoms with Crippen LogP contribution in [0.2, 0.25) is 0 Å². The van der Waals surface area contributed by atoms with Crippen molar-refractivity contribution in [2.45, 2.75) is 0 Å². The Morgan fingerprint density at radius 1 is 1.34 bits per heavy atom. The second-order valence-electron chi connectivity index (χ2n) is 5.84. The van der Waals surface area contributed by atoms with E-state index in [0.717, 1.165) is 5.69 Å². The highest BCUT2D eigenvalue weighted by Crippen LogP contribution is 2.28. The fourth-order valence-corrected chi connectivity index (χ4v) is 2.44. The number of nitrogens with two attached hydrogens (primary N) is 2. The number of methoxy groups -OCH3 is 1. The van der Waals surface area contributed by atoms with Crippen LogP contribution in [-0.4, -0.2) is 59.0 Å². The minimum absolute atomic E-state index is 0.0716. The summed E-state index contributed by atoms with van der Waals surface area (Å²) >= 11 is 0. The average Bonchev–Trinajstić information content (AvgIpc) is 2.69. The Balaban J connectivity index is 2.08. The van der Waals surface area contributed by atoms with Crippen molar-refractivity contribution in [1.29, 1.82) is 0 Å². The molecule has 2 rings (SSSR count). The molecule has 1 aromatic heterocycles. The maximum Gasteiger partial charge on any atom is 0.353 e. The van der Waals surface area contributed by atoms with Gasteiger partial charge in [0.05, 0.1) is 36.4 Å². The Morgan fingerprint density at radius 3 is 2.55 bits per heavy atom. The van der Waals surface area contributed by atoms with Crippen LogP contribution < -0.4 is 21.7 Å². The molecule has 29 heavy (non-hydrogen) atoms. The highest BCUT2D eigenvalue weighted by atomic mass is 16.6. The first-order valence-electron chi connectivity index (χ1n) is 8.17.